The summed E-state index contributed by atoms with van der Waals surface area (Å²) in [7, 11) is -3.91. The smallest absolute Gasteiger partial charge is 0.299 e. The Morgan fingerprint density at radius 3 is 0.912 bits per heavy atom. The SMILES string of the molecule is COc1c(Cl)c(OC)c(S(=O)(=O)O)c(-c2c(OC)c(OC)c(Cl)c(OC)c2S(=O)(=O)O)c1OC. The van der Waals surface area contributed by atoms with Gasteiger partial charge in [-0.2, -0.15) is 16.8 Å². The molecule has 0 unspecified atom stereocenters. The van der Waals surface area contributed by atoms with Gasteiger partial charge < -0.3 is 28.4 Å². The Balaban J connectivity index is 3.56. The zero-order chi connectivity index (χ0) is 26.2. The van der Waals surface area contributed by atoms with Crippen LogP contribution in [0.2, 0.25) is 10.0 Å². The fraction of sp³-hybridized carbons (Fsp3) is 0.333. The molecule has 0 aliphatic heterocycles. The third-order valence-corrected chi connectivity index (χ3v) is 7.02. The summed E-state index contributed by atoms with van der Waals surface area (Å²) in [5.41, 5.74) is -1.36. The monoisotopic (exact) mass is 562 g/mol. The molecule has 0 aliphatic carbocycles. The standard InChI is InChI=1S/C18H20Cl2O12S2/c1-27-11-7(17(33(21,22)23)15(31-5)9(19)13(11)29-3)8-12(28-2)14(30-4)10(20)16(32-6)18(8)34(24,25)26/h1-6H3,(H,21,22,23)(H,24,25,26). The Labute approximate surface area is 205 Å². The molecule has 34 heavy (non-hydrogen) atoms. The van der Waals surface area contributed by atoms with Gasteiger partial charge in [-0.25, -0.2) is 0 Å². The summed E-state index contributed by atoms with van der Waals surface area (Å²) >= 11 is 12.5. The van der Waals surface area contributed by atoms with Crippen molar-refractivity contribution in [2.45, 2.75) is 9.79 Å². The molecule has 0 heterocycles. The van der Waals surface area contributed by atoms with Crippen molar-refractivity contribution >= 4 is 43.4 Å². The second kappa shape index (κ2) is 10.1. The number of rotatable bonds is 9. The zero-order valence-corrected chi connectivity index (χ0v) is 21.7. The molecule has 16 heteroatoms. The van der Waals surface area contributed by atoms with Gasteiger partial charge in [0.05, 0.1) is 53.8 Å². The fourth-order valence-electron chi connectivity index (χ4n) is 3.33. The van der Waals surface area contributed by atoms with E-state index in [4.69, 9.17) is 51.6 Å². The lowest BCUT2D eigenvalue weighted by Gasteiger charge is -2.25. The van der Waals surface area contributed by atoms with Gasteiger partial charge in [-0.15, -0.1) is 0 Å². The highest BCUT2D eigenvalue weighted by Gasteiger charge is 2.40. The largest absolute Gasteiger partial charge is 0.494 e. The molecule has 2 rings (SSSR count). The molecule has 0 bridgehead atoms. The minimum atomic E-state index is -5.23. The molecule has 0 amide bonds. The quantitative estimate of drug-likeness (QED) is 0.429. The van der Waals surface area contributed by atoms with E-state index >= 15 is 0 Å². The Bertz CT molecular complexity index is 1230. The number of methoxy groups -OCH3 is 6. The number of ether oxygens (including phenoxy) is 6. The second-order valence-corrected chi connectivity index (χ2v) is 9.66. The maximum atomic E-state index is 12.5. The van der Waals surface area contributed by atoms with Gasteiger partial charge in [-0.1, -0.05) is 23.2 Å². The molecule has 0 fully saturated rings. The van der Waals surface area contributed by atoms with Crippen molar-refractivity contribution in [1.29, 1.82) is 0 Å². The third-order valence-electron chi connectivity index (χ3n) is 4.52. The lowest BCUT2D eigenvalue weighted by atomic mass is 10.0. The van der Waals surface area contributed by atoms with Crippen LogP contribution in [0, 0.1) is 0 Å². The molecule has 190 valence electrons. The molecule has 2 aromatic rings. The normalized spacial score (nSPS) is 11.7. The number of hydrogen-bond acceptors (Lipinski definition) is 10. The van der Waals surface area contributed by atoms with Crippen LogP contribution in [0.1, 0.15) is 0 Å². The van der Waals surface area contributed by atoms with Crippen LogP contribution >= 0.6 is 23.2 Å². The summed E-state index contributed by atoms with van der Waals surface area (Å²) in [5, 5.41) is -0.864. The van der Waals surface area contributed by atoms with Crippen molar-refractivity contribution in [2.75, 3.05) is 42.7 Å². The van der Waals surface area contributed by atoms with Crippen molar-refractivity contribution in [3.05, 3.63) is 10.0 Å². The van der Waals surface area contributed by atoms with Crippen molar-refractivity contribution < 1.29 is 54.4 Å². The predicted octanol–water partition coefficient (Wildman–Crippen LogP) is 3.21. The minimum Gasteiger partial charge on any atom is -0.494 e. The number of benzene rings is 2. The van der Waals surface area contributed by atoms with Gasteiger partial charge in [-0.05, 0) is 0 Å². The number of halogens is 2. The molecule has 2 aromatic carbocycles. The first-order valence-corrected chi connectivity index (χ1v) is 12.4. The van der Waals surface area contributed by atoms with E-state index in [1.54, 1.807) is 0 Å². The van der Waals surface area contributed by atoms with Gasteiger partial charge in [0, 0.05) is 0 Å². The van der Waals surface area contributed by atoms with Crippen LogP contribution in [0.5, 0.6) is 34.5 Å². The van der Waals surface area contributed by atoms with E-state index < -0.39 is 74.2 Å². The summed E-state index contributed by atoms with van der Waals surface area (Å²) in [6.45, 7) is 0. The topological polar surface area (TPSA) is 164 Å². The Morgan fingerprint density at radius 2 is 0.735 bits per heavy atom. The molecule has 0 atom stereocenters. The summed E-state index contributed by atoms with van der Waals surface area (Å²) in [6, 6.07) is 0. The highest BCUT2D eigenvalue weighted by Crippen LogP contribution is 2.60. The lowest BCUT2D eigenvalue weighted by molar-refractivity contribution is 0.340. The van der Waals surface area contributed by atoms with Gasteiger partial charge >= 0.3 is 0 Å². The van der Waals surface area contributed by atoms with E-state index in [2.05, 4.69) is 0 Å². The minimum absolute atomic E-state index is 0.306. The van der Waals surface area contributed by atoms with Crippen LogP contribution in [0.25, 0.3) is 11.1 Å². The first-order valence-electron chi connectivity index (χ1n) is 8.74. The van der Waals surface area contributed by atoms with Gasteiger partial charge in [0.2, 0.25) is 0 Å². The van der Waals surface area contributed by atoms with Crippen LogP contribution in [-0.4, -0.2) is 68.6 Å². The Hall–Kier alpha value is -2.36. The van der Waals surface area contributed by atoms with Crippen molar-refractivity contribution in [3.63, 3.8) is 0 Å². The summed E-state index contributed by atoms with van der Waals surface area (Å²) < 4.78 is 102. The second-order valence-electron chi connectivity index (χ2n) is 6.19. The van der Waals surface area contributed by atoms with E-state index in [9.17, 15) is 25.9 Å². The predicted molar refractivity (Wildman–Crippen MR) is 121 cm³/mol. The molecule has 0 radical (unpaired) electrons. The van der Waals surface area contributed by atoms with Gasteiger partial charge in [0.1, 0.15) is 19.8 Å². The first kappa shape index (κ1) is 27.9. The van der Waals surface area contributed by atoms with E-state index in [1.165, 1.54) is 0 Å². The molecule has 0 saturated heterocycles. The first-order chi connectivity index (χ1) is 15.8. The highest BCUT2D eigenvalue weighted by atomic mass is 35.5. The number of hydrogen-bond donors (Lipinski definition) is 2. The third kappa shape index (κ3) is 4.48. The maximum Gasteiger partial charge on any atom is 0.299 e. The molecular formula is C18H20Cl2O12S2. The lowest BCUT2D eigenvalue weighted by Crippen LogP contribution is -2.12. The van der Waals surface area contributed by atoms with Gasteiger partial charge in [0.25, 0.3) is 20.2 Å². The molecule has 2 N–H and O–H groups in total. The summed E-state index contributed by atoms with van der Waals surface area (Å²) in [5.74, 6) is -2.83. The zero-order valence-electron chi connectivity index (χ0n) is 18.5. The molecule has 12 nitrogen and oxygen atoms in total. The molecule has 0 aliphatic rings. The van der Waals surface area contributed by atoms with E-state index in [0.717, 1.165) is 42.7 Å². The van der Waals surface area contributed by atoms with Crippen LogP contribution < -0.4 is 28.4 Å². The van der Waals surface area contributed by atoms with Crippen LogP contribution in [0.3, 0.4) is 0 Å². The molecule has 0 saturated carbocycles. The van der Waals surface area contributed by atoms with Gasteiger partial charge in [-0.3, -0.25) is 9.11 Å². The molecule has 0 aromatic heterocycles. The summed E-state index contributed by atoms with van der Waals surface area (Å²) in [4.78, 5) is -2.07. The molecular weight excluding hydrogens is 543 g/mol. The average molecular weight is 563 g/mol. The highest BCUT2D eigenvalue weighted by molar-refractivity contribution is 7.86. The maximum absolute atomic E-state index is 12.5. The van der Waals surface area contributed by atoms with Crippen molar-refractivity contribution in [3.8, 4) is 45.6 Å². The van der Waals surface area contributed by atoms with E-state index in [-0.39, 0.29) is 11.5 Å². The Morgan fingerprint density at radius 1 is 0.500 bits per heavy atom. The molecule has 0 spiro atoms. The Kier molecular flexibility index (Phi) is 8.28. The van der Waals surface area contributed by atoms with Crippen LogP contribution in [-0.2, 0) is 20.2 Å². The van der Waals surface area contributed by atoms with Crippen LogP contribution in [0.15, 0.2) is 9.79 Å². The van der Waals surface area contributed by atoms with E-state index in [1.807, 2.05) is 0 Å². The van der Waals surface area contributed by atoms with Gasteiger partial charge in [0.15, 0.2) is 34.5 Å². The van der Waals surface area contributed by atoms with E-state index in [0.29, 0.717) is 0 Å². The van der Waals surface area contributed by atoms with Crippen molar-refractivity contribution in [2.24, 2.45) is 0 Å². The average Bonchev–Trinajstić information content (AvgIpc) is 2.75. The van der Waals surface area contributed by atoms with Crippen LogP contribution in [0.4, 0.5) is 0 Å². The fourth-order valence-corrected chi connectivity index (χ4v) is 5.86. The van der Waals surface area contributed by atoms with Crippen molar-refractivity contribution in [1.82, 2.24) is 0 Å². The summed E-state index contributed by atoms with van der Waals surface area (Å²) in [6.07, 6.45) is 0.